The number of rotatable bonds is 2. The number of anilines is 1. The van der Waals surface area contributed by atoms with Crippen LogP contribution in [0.15, 0.2) is 35.9 Å². The highest BCUT2D eigenvalue weighted by Gasteiger charge is 2.76. The Kier molecular flexibility index (Phi) is 3.47. The molecule has 6 nitrogen and oxygen atoms in total. The van der Waals surface area contributed by atoms with E-state index in [1.54, 1.807) is 0 Å². The van der Waals surface area contributed by atoms with Crippen molar-refractivity contribution in [3.8, 4) is 0 Å². The van der Waals surface area contributed by atoms with Gasteiger partial charge in [0.15, 0.2) is 5.72 Å². The van der Waals surface area contributed by atoms with Gasteiger partial charge in [-0.05, 0) is 37.3 Å². The molecule has 142 valence electrons. The van der Waals surface area contributed by atoms with E-state index >= 15 is 0 Å². The van der Waals surface area contributed by atoms with E-state index in [9.17, 15) is 9.59 Å². The molecule has 1 N–H and O–H groups in total. The number of hydrogen-bond acceptors (Lipinski definition) is 5. The molecule has 0 radical (unpaired) electrons. The first kappa shape index (κ1) is 16.8. The van der Waals surface area contributed by atoms with Gasteiger partial charge in [0.2, 0.25) is 6.41 Å². The highest BCUT2D eigenvalue weighted by molar-refractivity contribution is 5.81. The molecular formula is C21H24N2O4. The minimum absolute atomic E-state index is 0.0476. The van der Waals surface area contributed by atoms with Gasteiger partial charge in [-0.3, -0.25) is 9.59 Å². The summed E-state index contributed by atoms with van der Waals surface area (Å²) in [6.45, 7) is 3.07. The van der Waals surface area contributed by atoms with Gasteiger partial charge in [0.25, 0.3) is 0 Å². The fraction of sp³-hybridized carbons (Fsp3) is 0.524. The van der Waals surface area contributed by atoms with Crippen molar-refractivity contribution in [1.82, 2.24) is 4.90 Å². The molecule has 1 aromatic carbocycles. The zero-order valence-corrected chi connectivity index (χ0v) is 15.6. The molecule has 6 heteroatoms. The number of para-hydroxylation sites is 1. The molecule has 5 rings (SSSR count). The summed E-state index contributed by atoms with van der Waals surface area (Å²) in [5.74, 6) is -0.477. The van der Waals surface area contributed by atoms with Crippen molar-refractivity contribution in [2.75, 3.05) is 25.6 Å². The maximum atomic E-state index is 13.2. The largest absolute Gasteiger partial charge is 0.469 e. The fourth-order valence-electron chi connectivity index (χ4n) is 6.35. The Labute approximate surface area is 158 Å². The number of fused-ring (bicyclic) bond motifs is 3. The second-order valence-electron chi connectivity index (χ2n) is 7.98. The van der Waals surface area contributed by atoms with Crippen LogP contribution in [0.5, 0.6) is 0 Å². The van der Waals surface area contributed by atoms with E-state index in [1.165, 1.54) is 7.11 Å². The van der Waals surface area contributed by atoms with Gasteiger partial charge >= 0.3 is 5.97 Å². The maximum Gasteiger partial charge on any atom is 0.310 e. The Hall–Kier alpha value is -2.34. The molecule has 2 saturated heterocycles. The summed E-state index contributed by atoms with van der Waals surface area (Å²) < 4.78 is 11.7. The number of carbonyl (C=O) groups is 2. The molecule has 2 bridgehead atoms. The van der Waals surface area contributed by atoms with Crippen molar-refractivity contribution in [2.45, 2.75) is 36.9 Å². The molecule has 3 fully saturated rings. The van der Waals surface area contributed by atoms with Gasteiger partial charge in [-0.25, -0.2) is 0 Å². The maximum absolute atomic E-state index is 13.2. The number of piperidine rings is 1. The summed E-state index contributed by atoms with van der Waals surface area (Å²) >= 11 is 0. The molecule has 0 spiro atoms. The van der Waals surface area contributed by atoms with E-state index in [-0.39, 0.29) is 23.8 Å². The number of allylic oxidation sites excluding steroid dienone is 1. The molecule has 2 unspecified atom stereocenters. The summed E-state index contributed by atoms with van der Waals surface area (Å²) in [5, 5.41) is 3.61. The van der Waals surface area contributed by atoms with Crippen molar-refractivity contribution < 1.29 is 19.1 Å². The lowest BCUT2D eigenvalue weighted by Crippen LogP contribution is -2.73. The van der Waals surface area contributed by atoms with E-state index in [0.29, 0.717) is 19.6 Å². The van der Waals surface area contributed by atoms with E-state index in [1.807, 2.05) is 30.0 Å². The highest BCUT2D eigenvalue weighted by atomic mass is 16.5. The molecule has 1 saturated carbocycles. The zero-order valence-electron chi connectivity index (χ0n) is 15.6. The number of ether oxygens (including phenoxy) is 2. The van der Waals surface area contributed by atoms with Crippen LogP contribution in [0.3, 0.4) is 0 Å². The van der Waals surface area contributed by atoms with Crippen LogP contribution in [-0.2, 0) is 24.5 Å². The quantitative estimate of drug-likeness (QED) is 0.492. The number of nitrogens with zero attached hydrogens (tertiary/aromatic N) is 1. The molecule has 4 aliphatic rings. The third-order valence-corrected chi connectivity index (χ3v) is 7.30. The van der Waals surface area contributed by atoms with Crippen LogP contribution in [-0.4, -0.2) is 49.3 Å². The Morgan fingerprint density at radius 2 is 2.22 bits per heavy atom. The van der Waals surface area contributed by atoms with Gasteiger partial charge in [-0.15, -0.1) is 0 Å². The van der Waals surface area contributed by atoms with Gasteiger partial charge in [0.1, 0.15) is 0 Å². The van der Waals surface area contributed by atoms with Crippen LogP contribution in [0, 0.1) is 11.8 Å². The lowest BCUT2D eigenvalue weighted by molar-refractivity contribution is -0.172. The first-order valence-electron chi connectivity index (χ1n) is 9.58. The third-order valence-electron chi connectivity index (χ3n) is 7.30. The number of esters is 1. The minimum atomic E-state index is -0.785. The first-order chi connectivity index (χ1) is 13.1. The summed E-state index contributed by atoms with van der Waals surface area (Å²) in [7, 11) is 1.46. The molecule has 1 amide bonds. The number of methoxy groups -OCH3 is 1. The van der Waals surface area contributed by atoms with Gasteiger partial charge in [-0.2, -0.15) is 0 Å². The fourth-order valence-corrected chi connectivity index (χ4v) is 6.35. The average molecular weight is 368 g/mol. The number of likely N-dealkylation sites (tertiary alicyclic amines) is 1. The van der Waals surface area contributed by atoms with E-state index < -0.39 is 11.1 Å². The summed E-state index contributed by atoms with van der Waals surface area (Å²) in [4.78, 5) is 27.0. The van der Waals surface area contributed by atoms with Crippen LogP contribution < -0.4 is 5.32 Å². The first-order valence-corrected chi connectivity index (χ1v) is 9.58. The SMILES string of the molecule is C/C=C1/CN(C=O)C2C[C@@H]1[C@@H](C(=O)OC)[C@@]13CCOC21Nc1ccccc13. The number of carbonyl (C=O) groups excluding carboxylic acids is 2. The average Bonchev–Trinajstić information content (AvgIpc) is 3.21. The number of amides is 1. The Balaban J connectivity index is 1.80. The molecule has 27 heavy (non-hydrogen) atoms. The number of benzene rings is 1. The summed E-state index contributed by atoms with van der Waals surface area (Å²) in [6.07, 6.45) is 4.41. The standard InChI is InChI=1S/C21H24N2O4/c1-3-13-11-23(12-24)17-10-14(13)18(19(25)26-2)20-8-9-27-21(17,20)22-16-7-5-4-6-15(16)20/h3-7,12,14,17-18,22H,8-11H2,1-2H3/b13-3-/t14-,17?,18-,20-,21?/m0/s1. The topological polar surface area (TPSA) is 67.9 Å². The minimum Gasteiger partial charge on any atom is -0.469 e. The Morgan fingerprint density at radius 3 is 2.96 bits per heavy atom. The number of nitrogens with one attached hydrogen (secondary N) is 1. The Bertz CT molecular complexity index is 852. The lowest BCUT2D eigenvalue weighted by Gasteiger charge is -2.59. The van der Waals surface area contributed by atoms with Crippen molar-refractivity contribution in [3.05, 3.63) is 41.5 Å². The normalized spacial score (nSPS) is 40.0. The van der Waals surface area contributed by atoms with Crippen LogP contribution >= 0.6 is 0 Å². The zero-order chi connectivity index (χ0) is 18.8. The Morgan fingerprint density at radius 1 is 1.41 bits per heavy atom. The molecule has 1 aromatic rings. The molecule has 5 atom stereocenters. The summed E-state index contributed by atoms with van der Waals surface area (Å²) in [6, 6.07) is 8.00. The van der Waals surface area contributed by atoms with Crippen LogP contribution in [0.1, 0.15) is 25.3 Å². The smallest absolute Gasteiger partial charge is 0.310 e. The van der Waals surface area contributed by atoms with Crippen molar-refractivity contribution >= 4 is 18.1 Å². The van der Waals surface area contributed by atoms with Crippen molar-refractivity contribution in [1.29, 1.82) is 0 Å². The molecular weight excluding hydrogens is 344 g/mol. The predicted molar refractivity (Wildman–Crippen MR) is 99.0 cm³/mol. The van der Waals surface area contributed by atoms with Gasteiger partial charge < -0.3 is 19.7 Å². The lowest BCUT2D eigenvalue weighted by atomic mass is 9.51. The van der Waals surface area contributed by atoms with Crippen molar-refractivity contribution in [2.24, 2.45) is 11.8 Å². The van der Waals surface area contributed by atoms with E-state index in [4.69, 9.17) is 9.47 Å². The van der Waals surface area contributed by atoms with Crippen LogP contribution in [0.2, 0.25) is 0 Å². The summed E-state index contributed by atoms with van der Waals surface area (Å²) in [5.41, 5.74) is 1.90. The van der Waals surface area contributed by atoms with Crippen molar-refractivity contribution in [3.63, 3.8) is 0 Å². The van der Waals surface area contributed by atoms with E-state index in [0.717, 1.165) is 29.7 Å². The second-order valence-corrected chi connectivity index (χ2v) is 7.98. The van der Waals surface area contributed by atoms with Gasteiger partial charge in [0.05, 0.1) is 31.1 Å². The molecule has 0 aromatic heterocycles. The third kappa shape index (κ3) is 1.79. The van der Waals surface area contributed by atoms with Crippen LogP contribution in [0.25, 0.3) is 0 Å². The van der Waals surface area contributed by atoms with Gasteiger partial charge in [-0.1, -0.05) is 29.8 Å². The van der Waals surface area contributed by atoms with Gasteiger partial charge in [0, 0.05) is 12.2 Å². The highest BCUT2D eigenvalue weighted by Crippen LogP contribution is 2.66. The number of hydrogen-bond donors (Lipinski definition) is 1. The molecule has 3 aliphatic heterocycles. The van der Waals surface area contributed by atoms with Crippen LogP contribution in [0.4, 0.5) is 5.69 Å². The second kappa shape index (κ2) is 5.58. The molecule has 3 heterocycles. The van der Waals surface area contributed by atoms with E-state index in [2.05, 4.69) is 17.5 Å². The molecule has 1 aliphatic carbocycles. The predicted octanol–water partition coefficient (Wildman–Crippen LogP) is 2.06. The monoisotopic (exact) mass is 368 g/mol.